The van der Waals surface area contributed by atoms with Crippen molar-refractivity contribution in [1.82, 2.24) is 0 Å². The van der Waals surface area contributed by atoms with Gasteiger partial charge in [0.05, 0.1) is 47.6 Å². The number of methoxy groups -OCH3 is 6. The van der Waals surface area contributed by atoms with Crippen LogP contribution in [-0.2, 0) is 10.0 Å². The third-order valence-electron chi connectivity index (χ3n) is 5.39. The van der Waals surface area contributed by atoms with E-state index in [1.54, 1.807) is 24.3 Å². The minimum Gasteiger partial charge on any atom is -0.493 e. The maximum atomic E-state index is 14.6. The molecule has 3 aromatic carbocycles. The molecule has 0 saturated heterocycles. The first kappa shape index (κ1) is 27.5. The average Bonchev–Trinajstić information content (AvgIpc) is 2.91. The van der Waals surface area contributed by atoms with Crippen molar-refractivity contribution in [2.45, 2.75) is 4.90 Å². The predicted molar refractivity (Wildman–Crippen MR) is 138 cm³/mol. The number of anilines is 1. The largest absolute Gasteiger partial charge is 0.493 e. The van der Waals surface area contributed by atoms with Crippen LogP contribution >= 0.6 is 0 Å². The second kappa shape index (κ2) is 11.7. The monoisotopic (exact) mass is 533 g/mol. The van der Waals surface area contributed by atoms with E-state index in [0.717, 1.165) is 0 Å². The molecule has 1 N–H and O–H groups in total. The first-order valence-electron chi connectivity index (χ1n) is 10.8. The lowest BCUT2D eigenvalue weighted by molar-refractivity contribution is 0.324. The molecule has 3 rings (SSSR count). The summed E-state index contributed by atoms with van der Waals surface area (Å²) >= 11 is 0. The molecule has 0 fully saturated rings. The molecule has 0 unspecified atom stereocenters. The summed E-state index contributed by atoms with van der Waals surface area (Å²) < 4.78 is 75.2. The van der Waals surface area contributed by atoms with Crippen LogP contribution in [0.5, 0.6) is 34.5 Å². The van der Waals surface area contributed by atoms with Gasteiger partial charge in [0, 0.05) is 11.6 Å². The smallest absolute Gasteiger partial charge is 0.262 e. The molecule has 0 bridgehead atoms. The number of benzene rings is 3. The Kier molecular flexibility index (Phi) is 8.72. The molecule has 3 aromatic rings. The normalized spacial score (nSPS) is 11.2. The number of halogens is 1. The van der Waals surface area contributed by atoms with Crippen molar-refractivity contribution in [3.8, 4) is 34.5 Å². The van der Waals surface area contributed by atoms with E-state index in [4.69, 9.17) is 28.4 Å². The number of hydrogen-bond acceptors (Lipinski definition) is 8. The molecule has 11 heteroatoms. The summed E-state index contributed by atoms with van der Waals surface area (Å²) in [6.45, 7) is 0. The van der Waals surface area contributed by atoms with Gasteiger partial charge in [-0.3, -0.25) is 4.72 Å². The predicted octanol–water partition coefficient (Wildman–Crippen LogP) is 4.85. The topological polar surface area (TPSA) is 102 Å². The standard InChI is InChI=1S/C26H28FNO8S/c1-31-20-12-10-18(15-21(20)32-2)37(29,30)28-24-17(9-11-19(27)25(24)35-5)8-7-16-13-22(33-3)26(36-6)23(14-16)34-4/h7-15,28H,1-6H3/b8-7-. The van der Waals surface area contributed by atoms with Crippen LogP contribution in [0.3, 0.4) is 0 Å². The van der Waals surface area contributed by atoms with E-state index in [-0.39, 0.29) is 22.1 Å². The first-order valence-corrected chi connectivity index (χ1v) is 12.3. The number of hydrogen-bond donors (Lipinski definition) is 1. The van der Waals surface area contributed by atoms with Crippen LogP contribution < -0.4 is 33.1 Å². The molecular weight excluding hydrogens is 505 g/mol. The van der Waals surface area contributed by atoms with Crippen molar-refractivity contribution in [3.63, 3.8) is 0 Å². The van der Waals surface area contributed by atoms with Crippen LogP contribution in [0.15, 0.2) is 47.4 Å². The Morgan fingerprint density at radius 3 is 1.81 bits per heavy atom. The van der Waals surface area contributed by atoms with Gasteiger partial charge < -0.3 is 28.4 Å². The second-order valence-corrected chi connectivity index (χ2v) is 9.14. The Balaban J connectivity index is 2.08. The van der Waals surface area contributed by atoms with E-state index in [1.165, 1.54) is 73.0 Å². The number of sulfonamides is 1. The van der Waals surface area contributed by atoms with Crippen molar-refractivity contribution in [2.75, 3.05) is 47.4 Å². The van der Waals surface area contributed by atoms with E-state index >= 15 is 0 Å². The van der Waals surface area contributed by atoms with Gasteiger partial charge in [-0.15, -0.1) is 0 Å². The van der Waals surface area contributed by atoms with E-state index < -0.39 is 15.8 Å². The molecule has 0 amide bonds. The van der Waals surface area contributed by atoms with Crippen LogP contribution in [0.2, 0.25) is 0 Å². The molecule has 9 nitrogen and oxygen atoms in total. The minimum atomic E-state index is -4.18. The fourth-order valence-electron chi connectivity index (χ4n) is 3.58. The Morgan fingerprint density at radius 2 is 1.27 bits per heavy atom. The summed E-state index contributed by atoms with van der Waals surface area (Å²) in [7, 11) is 4.39. The van der Waals surface area contributed by atoms with Gasteiger partial charge in [0.1, 0.15) is 5.69 Å². The molecule has 0 aromatic heterocycles. The summed E-state index contributed by atoms with van der Waals surface area (Å²) in [6.07, 6.45) is 3.29. The van der Waals surface area contributed by atoms with E-state index in [9.17, 15) is 12.8 Å². The number of ether oxygens (including phenoxy) is 6. The molecule has 0 aliphatic carbocycles. The summed E-state index contributed by atoms with van der Waals surface area (Å²) in [4.78, 5) is -0.115. The van der Waals surface area contributed by atoms with Gasteiger partial charge in [-0.25, -0.2) is 12.8 Å². The molecular formula is C26H28FNO8S. The fraction of sp³-hybridized carbons (Fsp3) is 0.231. The van der Waals surface area contributed by atoms with Crippen LogP contribution in [0.25, 0.3) is 12.2 Å². The SMILES string of the molecule is COc1ccc(S(=O)(=O)Nc2c(/C=C\c3cc(OC)c(OC)c(OC)c3)ccc(F)c2OC)cc1OC. The quantitative estimate of drug-likeness (QED) is 0.349. The van der Waals surface area contributed by atoms with E-state index in [0.29, 0.717) is 34.1 Å². The third kappa shape index (κ3) is 5.83. The van der Waals surface area contributed by atoms with Gasteiger partial charge >= 0.3 is 0 Å². The zero-order valence-electron chi connectivity index (χ0n) is 21.2. The van der Waals surface area contributed by atoms with Crippen molar-refractivity contribution < 1.29 is 41.2 Å². The Hall–Kier alpha value is -4.12. The van der Waals surface area contributed by atoms with Crippen molar-refractivity contribution >= 4 is 27.9 Å². The molecule has 0 aliphatic rings. The highest BCUT2D eigenvalue weighted by atomic mass is 32.2. The van der Waals surface area contributed by atoms with Gasteiger partial charge in [0.25, 0.3) is 10.0 Å². The highest BCUT2D eigenvalue weighted by Gasteiger charge is 2.22. The summed E-state index contributed by atoms with van der Waals surface area (Å²) in [5, 5.41) is 0. The van der Waals surface area contributed by atoms with Crippen LogP contribution in [0.1, 0.15) is 11.1 Å². The Morgan fingerprint density at radius 1 is 0.676 bits per heavy atom. The first-order chi connectivity index (χ1) is 17.7. The highest BCUT2D eigenvalue weighted by Crippen LogP contribution is 2.40. The fourth-order valence-corrected chi connectivity index (χ4v) is 4.68. The number of rotatable bonds is 11. The van der Waals surface area contributed by atoms with Gasteiger partial charge in [-0.2, -0.15) is 0 Å². The maximum absolute atomic E-state index is 14.6. The molecule has 0 radical (unpaired) electrons. The molecule has 37 heavy (non-hydrogen) atoms. The maximum Gasteiger partial charge on any atom is 0.262 e. The van der Waals surface area contributed by atoms with Gasteiger partial charge in [-0.05, 0) is 42.0 Å². The molecule has 0 aliphatic heterocycles. The summed E-state index contributed by atoms with van der Waals surface area (Å²) in [5.41, 5.74) is 0.920. The van der Waals surface area contributed by atoms with Gasteiger partial charge in [0.2, 0.25) is 5.75 Å². The van der Waals surface area contributed by atoms with E-state index in [1.807, 2.05) is 0 Å². The lowest BCUT2D eigenvalue weighted by atomic mass is 10.1. The second-order valence-electron chi connectivity index (χ2n) is 7.46. The van der Waals surface area contributed by atoms with Crippen LogP contribution in [0.4, 0.5) is 10.1 Å². The Bertz CT molecular complexity index is 1380. The zero-order valence-corrected chi connectivity index (χ0v) is 22.1. The lowest BCUT2D eigenvalue weighted by Gasteiger charge is -2.16. The van der Waals surface area contributed by atoms with Crippen molar-refractivity contribution in [2.24, 2.45) is 0 Å². The minimum absolute atomic E-state index is 0.0824. The lowest BCUT2D eigenvalue weighted by Crippen LogP contribution is -2.15. The highest BCUT2D eigenvalue weighted by molar-refractivity contribution is 7.92. The van der Waals surface area contributed by atoms with Crippen LogP contribution in [0, 0.1) is 5.82 Å². The molecule has 0 atom stereocenters. The number of nitrogens with one attached hydrogen (secondary N) is 1. The van der Waals surface area contributed by atoms with Gasteiger partial charge in [-0.1, -0.05) is 12.2 Å². The van der Waals surface area contributed by atoms with E-state index in [2.05, 4.69) is 4.72 Å². The molecule has 0 spiro atoms. The van der Waals surface area contributed by atoms with Crippen molar-refractivity contribution in [3.05, 3.63) is 59.4 Å². The molecule has 198 valence electrons. The summed E-state index contributed by atoms with van der Waals surface area (Å²) in [5.74, 6) is 0.875. The average molecular weight is 534 g/mol. The zero-order chi connectivity index (χ0) is 27.2. The Labute approximate surface area is 215 Å². The van der Waals surface area contributed by atoms with Crippen LogP contribution in [-0.4, -0.2) is 51.1 Å². The molecule has 0 heterocycles. The summed E-state index contributed by atoms with van der Waals surface area (Å²) in [6, 6.07) is 10.2. The van der Waals surface area contributed by atoms with Crippen molar-refractivity contribution in [1.29, 1.82) is 0 Å². The third-order valence-corrected chi connectivity index (χ3v) is 6.74. The molecule has 0 saturated carbocycles. The van der Waals surface area contributed by atoms with Gasteiger partial charge in [0.15, 0.2) is 34.6 Å².